The summed E-state index contributed by atoms with van der Waals surface area (Å²) in [6.07, 6.45) is -1.53. The van der Waals surface area contributed by atoms with Gasteiger partial charge in [-0.25, -0.2) is 9.97 Å². The molecule has 1 heterocycles. The molecule has 2 aromatic carbocycles. The standard InChI is InChI=1S/C18H13F3N2O2/c1-24-16-10-22-17(23-11-16)14-4-2-12(3-5-14)13-6-8-15(9-7-13)25-18(19,20)21/h2-11H,1H3. The fraction of sp³-hybridized carbons (Fsp3) is 0.111. The maximum atomic E-state index is 12.2. The van der Waals surface area contributed by atoms with E-state index in [0.717, 1.165) is 16.7 Å². The summed E-state index contributed by atoms with van der Waals surface area (Å²) >= 11 is 0. The molecule has 7 heteroatoms. The average molecular weight is 346 g/mol. The maximum absolute atomic E-state index is 12.2. The second kappa shape index (κ2) is 6.80. The van der Waals surface area contributed by atoms with Crippen LogP contribution in [0.1, 0.15) is 0 Å². The van der Waals surface area contributed by atoms with Crippen LogP contribution in [0.4, 0.5) is 13.2 Å². The lowest BCUT2D eigenvalue weighted by atomic mass is 10.0. The number of halogens is 3. The van der Waals surface area contributed by atoms with E-state index in [1.165, 1.54) is 19.2 Å². The van der Waals surface area contributed by atoms with Crippen LogP contribution in [0.2, 0.25) is 0 Å². The topological polar surface area (TPSA) is 44.2 Å². The molecule has 0 bridgehead atoms. The highest BCUT2D eigenvalue weighted by Crippen LogP contribution is 2.27. The molecule has 0 spiro atoms. The van der Waals surface area contributed by atoms with Crippen LogP contribution < -0.4 is 9.47 Å². The summed E-state index contributed by atoms with van der Waals surface area (Å²) in [6.45, 7) is 0. The zero-order chi connectivity index (χ0) is 17.9. The van der Waals surface area contributed by atoms with Crippen molar-refractivity contribution in [2.75, 3.05) is 7.11 Å². The number of benzene rings is 2. The first-order valence-electron chi connectivity index (χ1n) is 7.27. The summed E-state index contributed by atoms with van der Waals surface area (Å²) in [5.74, 6) is 0.877. The van der Waals surface area contributed by atoms with E-state index in [-0.39, 0.29) is 5.75 Å². The Morgan fingerprint density at radius 1 is 0.720 bits per heavy atom. The third-order valence-corrected chi connectivity index (χ3v) is 3.43. The van der Waals surface area contributed by atoms with Crippen molar-refractivity contribution in [2.45, 2.75) is 6.36 Å². The van der Waals surface area contributed by atoms with E-state index in [9.17, 15) is 13.2 Å². The summed E-state index contributed by atoms with van der Waals surface area (Å²) in [4.78, 5) is 8.42. The zero-order valence-electron chi connectivity index (χ0n) is 13.1. The summed E-state index contributed by atoms with van der Waals surface area (Å²) in [7, 11) is 1.54. The molecule has 0 aliphatic heterocycles. The molecule has 0 N–H and O–H groups in total. The molecule has 0 unspecified atom stereocenters. The van der Waals surface area contributed by atoms with Gasteiger partial charge in [0.25, 0.3) is 0 Å². The number of alkyl halides is 3. The van der Waals surface area contributed by atoms with Crippen molar-refractivity contribution in [3.8, 4) is 34.0 Å². The number of rotatable bonds is 4. The van der Waals surface area contributed by atoms with E-state index >= 15 is 0 Å². The molecule has 0 aliphatic rings. The first-order valence-corrected chi connectivity index (χ1v) is 7.27. The van der Waals surface area contributed by atoms with Crippen LogP contribution in [0, 0.1) is 0 Å². The second-order valence-electron chi connectivity index (χ2n) is 5.10. The largest absolute Gasteiger partial charge is 0.573 e. The first kappa shape index (κ1) is 16.8. The van der Waals surface area contributed by atoms with E-state index in [2.05, 4.69) is 14.7 Å². The zero-order valence-corrected chi connectivity index (χ0v) is 13.1. The molecule has 0 amide bonds. The van der Waals surface area contributed by atoms with Crippen LogP contribution in [0.25, 0.3) is 22.5 Å². The minimum Gasteiger partial charge on any atom is -0.494 e. The van der Waals surface area contributed by atoms with Gasteiger partial charge in [0.05, 0.1) is 19.5 Å². The Morgan fingerprint density at radius 3 is 1.68 bits per heavy atom. The minimum atomic E-state index is -4.69. The number of nitrogens with zero attached hydrogens (tertiary/aromatic N) is 2. The van der Waals surface area contributed by atoms with Crippen LogP contribution in [-0.2, 0) is 0 Å². The Hall–Kier alpha value is -3.09. The molecule has 128 valence electrons. The molecular weight excluding hydrogens is 333 g/mol. The normalized spacial score (nSPS) is 11.2. The van der Waals surface area contributed by atoms with Gasteiger partial charge in [-0.15, -0.1) is 13.2 Å². The van der Waals surface area contributed by atoms with Crippen molar-refractivity contribution in [1.29, 1.82) is 0 Å². The molecule has 3 aromatic rings. The van der Waals surface area contributed by atoms with E-state index in [4.69, 9.17) is 4.74 Å². The van der Waals surface area contributed by atoms with Crippen molar-refractivity contribution < 1.29 is 22.6 Å². The maximum Gasteiger partial charge on any atom is 0.573 e. The minimum absolute atomic E-state index is 0.250. The van der Waals surface area contributed by atoms with E-state index in [0.29, 0.717) is 11.6 Å². The molecule has 0 fully saturated rings. The van der Waals surface area contributed by atoms with E-state index in [1.807, 2.05) is 24.3 Å². The average Bonchev–Trinajstić information content (AvgIpc) is 2.61. The molecule has 3 rings (SSSR count). The Morgan fingerprint density at radius 2 is 1.20 bits per heavy atom. The van der Waals surface area contributed by atoms with Crippen LogP contribution in [-0.4, -0.2) is 23.4 Å². The van der Waals surface area contributed by atoms with Crippen molar-refractivity contribution in [1.82, 2.24) is 9.97 Å². The predicted octanol–water partition coefficient (Wildman–Crippen LogP) is 4.72. The molecule has 0 saturated carbocycles. The highest BCUT2D eigenvalue weighted by Gasteiger charge is 2.30. The summed E-state index contributed by atoms with van der Waals surface area (Å²) in [5, 5.41) is 0. The lowest BCUT2D eigenvalue weighted by Gasteiger charge is -2.09. The summed E-state index contributed by atoms with van der Waals surface area (Å²) in [5.41, 5.74) is 2.45. The van der Waals surface area contributed by atoms with Crippen LogP contribution >= 0.6 is 0 Å². The summed E-state index contributed by atoms with van der Waals surface area (Å²) < 4.78 is 45.4. The monoisotopic (exact) mass is 346 g/mol. The van der Waals surface area contributed by atoms with Gasteiger partial charge >= 0.3 is 6.36 Å². The Labute approximate surface area is 141 Å². The molecule has 4 nitrogen and oxygen atoms in total. The Bertz CT molecular complexity index is 830. The van der Waals surface area contributed by atoms with E-state index in [1.54, 1.807) is 24.5 Å². The van der Waals surface area contributed by atoms with Gasteiger partial charge in [0.15, 0.2) is 11.6 Å². The molecule has 0 atom stereocenters. The van der Waals surface area contributed by atoms with Gasteiger partial charge in [0.2, 0.25) is 0 Å². The van der Waals surface area contributed by atoms with Gasteiger partial charge in [0, 0.05) is 5.56 Å². The highest BCUT2D eigenvalue weighted by molar-refractivity contribution is 5.68. The van der Waals surface area contributed by atoms with Gasteiger partial charge in [-0.1, -0.05) is 36.4 Å². The molecular formula is C18H13F3N2O2. The smallest absolute Gasteiger partial charge is 0.494 e. The van der Waals surface area contributed by atoms with Crippen LogP contribution in [0.5, 0.6) is 11.5 Å². The fourth-order valence-corrected chi connectivity index (χ4v) is 2.23. The van der Waals surface area contributed by atoms with Crippen LogP contribution in [0.15, 0.2) is 60.9 Å². The van der Waals surface area contributed by atoms with Gasteiger partial charge in [-0.2, -0.15) is 0 Å². The van der Waals surface area contributed by atoms with Crippen molar-refractivity contribution in [2.24, 2.45) is 0 Å². The highest BCUT2D eigenvalue weighted by atomic mass is 19.4. The quantitative estimate of drug-likeness (QED) is 0.686. The third kappa shape index (κ3) is 4.26. The lowest BCUT2D eigenvalue weighted by Crippen LogP contribution is -2.16. The van der Waals surface area contributed by atoms with Crippen molar-refractivity contribution >= 4 is 0 Å². The number of methoxy groups -OCH3 is 1. The number of hydrogen-bond donors (Lipinski definition) is 0. The Kier molecular flexibility index (Phi) is 4.56. The SMILES string of the molecule is COc1cnc(-c2ccc(-c3ccc(OC(F)(F)F)cc3)cc2)nc1. The van der Waals surface area contributed by atoms with Gasteiger partial charge in [-0.3, -0.25) is 0 Å². The van der Waals surface area contributed by atoms with E-state index < -0.39 is 6.36 Å². The van der Waals surface area contributed by atoms with Gasteiger partial charge < -0.3 is 9.47 Å². The molecule has 0 saturated heterocycles. The Balaban J connectivity index is 1.77. The predicted molar refractivity (Wildman–Crippen MR) is 86.1 cm³/mol. The van der Waals surface area contributed by atoms with Crippen molar-refractivity contribution in [3.63, 3.8) is 0 Å². The van der Waals surface area contributed by atoms with Gasteiger partial charge in [-0.05, 0) is 23.3 Å². The van der Waals surface area contributed by atoms with Gasteiger partial charge in [0.1, 0.15) is 5.75 Å². The lowest BCUT2D eigenvalue weighted by molar-refractivity contribution is -0.274. The summed E-state index contributed by atoms with van der Waals surface area (Å²) in [6, 6.07) is 13.1. The number of hydrogen-bond acceptors (Lipinski definition) is 4. The number of ether oxygens (including phenoxy) is 2. The molecule has 0 radical (unpaired) electrons. The van der Waals surface area contributed by atoms with Crippen LogP contribution in [0.3, 0.4) is 0 Å². The molecule has 25 heavy (non-hydrogen) atoms. The third-order valence-electron chi connectivity index (χ3n) is 3.43. The molecule has 0 aliphatic carbocycles. The van der Waals surface area contributed by atoms with Crippen molar-refractivity contribution in [3.05, 3.63) is 60.9 Å². The second-order valence-corrected chi connectivity index (χ2v) is 5.10. The number of aromatic nitrogens is 2. The first-order chi connectivity index (χ1) is 11.9. The molecule has 1 aromatic heterocycles. The fourth-order valence-electron chi connectivity index (χ4n) is 2.23.